The van der Waals surface area contributed by atoms with Crippen LogP contribution in [0.15, 0.2) is 54.9 Å². The predicted octanol–water partition coefficient (Wildman–Crippen LogP) is 4.44. The standard InChI is InChI=1S/C27H29N5O3/c1-27(26(33)34)10-12-32(2,13-11-27)24-9-4-18(16-29-24)14-20-6-5-19(17-28-20)25-30-22-8-7-21(35-3)15-23(22)31-25/h4-9,15-17H,10-14H2,1-3H3,(H-,30,31,33,34)/p+1. The van der Waals surface area contributed by atoms with Crippen LogP contribution < -0.4 is 9.22 Å². The molecule has 0 unspecified atom stereocenters. The molecule has 180 valence electrons. The number of ether oxygens (including phenoxy) is 1. The van der Waals surface area contributed by atoms with Crippen LogP contribution in [0.1, 0.15) is 31.0 Å². The Labute approximate surface area is 204 Å². The molecule has 0 atom stereocenters. The van der Waals surface area contributed by atoms with E-state index in [1.165, 1.54) is 0 Å². The van der Waals surface area contributed by atoms with E-state index >= 15 is 0 Å². The number of pyridine rings is 2. The third-order valence-electron chi connectivity index (χ3n) is 7.37. The number of carbonyl (C=O) groups is 1. The maximum absolute atomic E-state index is 11.6. The van der Waals surface area contributed by atoms with E-state index in [-0.39, 0.29) is 0 Å². The maximum Gasteiger partial charge on any atom is 0.309 e. The fourth-order valence-corrected chi connectivity index (χ4v) is 4.64. The fraction of sp³-hybridized carbons (Fsp3) is 0.333. The summed E-state index contributed by atoms with van der Waals surface area (Å²) in [5, 5.41) is 9.51. The third kappa shape index (κ3) is 4.49. The number of hydrogen-bond donors (Lipinski definition) is 2. The number of likely N-dealkylation sites (tertiary alicyclic amines) is 1. The normalized spacial score (nSPS) is 22.3. The second-order valence-corrected chi connectivity index (χ2v) is 9.92. The molecule has 4 aromatic rings. The van der Waals surface area contributed by atoms with Crippen LogP contribution in [0.25, 0.3) is 22.4 Å². The molecule has 35 heavy (non-hydrogen) atoms. The van der Waals surface area contributed by atoms with Crippen molar-refractivity contribution >= 4 is 22.8 Å². The number of benzene rings is 1. The summed E-state index contributed by atoms with van der Waals surface area (Å²) in [5.41, 5.74) is 4.14. The van der Waals surface area contributed by atoms with Crippen molar-refractivity contribution in [2.45, 2.75) is 26.2 Å². The van der Waals surface area contributed by atoms with E-state index in [0.717, 1.165) is 58.3 Å². The molecule has 0 aliphatic carbocycles. The van der Waals surface area contributed by atoms with Crippen LogP contribution in [0.2, 0.25) is 0 Å². The second-order valence-electron chi connectivity index (χ2n) is 9.92. The molecule has 2 N–H and O–H groups in total. The smallest absolute Gasteiger partial charge is 0.309 e. The molecule has 0 saturated carbocycles. The molecule has 1 aliphatic heterocycles. The topological polar surface area (TPSA) is 101 Å². The van der Waals surface area contributed by atoms with Crippen molar-refractivity contribution in [2.75, 3.05) is 27.2 Å². The molecule has 8 heteroatoms. The average molecular weight is 473 g/mol. The molecular formula is C27H30N5O3+. The number of nitrogens with one attached hydrogen (secondary N) is 1. The lowest BCUT2D eigenvalue weighted by Gasteiger charge is -2.41. The van der Waals surface area contributed by atoms with Crippen molar-refractivity contribution in [3.8, 4) is 17.1 Å². The van der Waals surface area contributed by atoms with Gasteiger partial charge in [0.1, 0.15) is 11.6 Å². The minimum atomic E-state index is -0.703. The highest BCUT2D eigenvalue weighted by Crippen LogP contribution is 2.36. The SMILES string of the molecule is COc1ccc2nc(-c3ccc(Cc4ccc([N+]5(C)CCC(C)(C(=O)O)CC5)nc4)nc3)[nH]c2c1. The van der Waals surface area contributed by atoms with Gasteiger partial charge in [-0.3, -0.25) is 14.3 Å². The zero-order valence-electron chi connectivity index (χ0n) is 20.3. The van der Waals surface area contributed by atoms with Gasteiger partial charge < -0.3 is 14.8 Å². The Morgan fingerprint density at radius 3 is 2.54 bits per heavy atom. The van der Waals surface area contributed by atoms with Crippen LogP contribution in [-0.4, -0.2) is 58.3 Å². The number of imidazole rings is 1. The van der Waals surface area contributed by atoms with Crippen LogP contribution in [0.3, 0.4) is 0 Å². The number of aromatic nitrogens is 4. The Balaban J connectivity index is 1.26. The van der Waals surface area contributed by atoms with Gasteiger partial charge in [0.2, 0.25) is 5.82 Å². The molecule has 4 heterocycles. The van der Waals surface area contributed by atoms with Gasteiger partial charge in [0.15, 0.2) is 0 Å². The van der Waals surface area contributed by atoms with Gasteiger partial charge in [0.25, 0.3) is 0 Å². The lowest BCUT2D eigenvalue weighted by atomic mass is 9.79. The number of methoxy groups -OCH3 is 1. The molecule has 1 aliphatic rings. The minimum absolute atomic E-state index is 0.634. The van der Waals surface area contributed by atoms with Gasteiger partial charge in [-0.2, -0.15) is 0 Å². The molecule has 0 amide bonds. The number of fused-ring (bicyclic) bond motifs is 1. The molecule has 1 saturated heterocycles. The van der Waals surface area contributed by atoms with Crippen LogP contribution in [0.5, 0.6) is 5.75 Å². The molecule has 0 radical (unpaired) electrons. The molecule has 8 nitrogen and oxygen atoms in total. The molecule has 1 aromatic carbocycles. The fourth-order valence-electron chi connectivity index (χ4n) is 4.64. The number of aromatic amines is 1. The first-order chi connectivity index (χ1) is 16.8. The number of hydrogen-bond acceptors (Lipinski definition) is 5. The Morgan fingerprint density at radius 2 is 1.91 bits per heavy atom. The first-order valence-electron chi connectivity index (χ1n) is 11.8. The highest BCUT2D eigenvalue weighted by Gasteiger charge is 2.44. The number of rotatable bonds is 6. The van der Waals surface area contributed by atoms with Crippen LogP contribution in [0, 0.1) is 5.41 Å². The summed E-state index contributed by atoms with van der Waals surface area (Å²) in [7, 11) is 3.79. The number of carboxylic acid groups (broad SMARTS) is 1. The molecule has 1 fully saturated rings. The quantitative estimate of drug-likeness (QED) is 0.402. The van der Waals surface area contributed by atoms with E-state index < -0.39 is 11.4 Å². The number of H-pyrrole nitrogens is 1. The van der Waals surface area contributed by atoms with Gasteiger partial charge in [-0.1, -0.05) is 0 Å². The number of aliphatic carboxylic acids is 1. The number of carboxylic acids is 1. The van der Waals surface area contributed by atoms with Crippen molar-refractivity contribution in [1.29, 1.82) is 0 Å². The van der Waals surface area contributed by atoms with Crippen molar-refractivity contribution in [2.24, 2.45) is 5.41 Å². The van der Waals surface area contributed by atoms with Crippen molar-refractivity contribution < 1.29 is 14.6 Å². The summed E-state index contributed by atoms with van der Waals surface area (Å²) in [6.45, 7) is 3.39. The molecule has 5 rings (SSSR count). The molecule has 0 bridgehead atoms. The van der Waals surface area contributed by atoms with Crippen LogP contribution >= 0.6 is 0 Å². The monoisotopic (exact) mass is 472 g/mol. The number of piperidine rings is 1. The summed E-state index contributed by atoms with van der Waals surface area (Å²) in [5.74, 6) is 1.84. The minimum Gasteiger partial charge on any atom is -0.497 e. The zero-order valence-corrected chi connectivity index (χ0v) is 20.3. The van der Waals surface area contributed by atoms with Gasteiger partial charge >= 0.3 is 5.97 Å². The van der Waals surface area contributed by atoms with Crippen molar-refractivity contribution in [3.63, 3.8) is 0 Å². The highest BCUT2D eigenvalue weighted by molar-refractivity contribution is 5.80. The van der Waals surface area contributed by atoms with Gasteiger partial charge in [0.05, 0.1) is 43.7 Å². The molecular weight excluding hydrogens is 442 g/mol. The van der Waals surface area contributed by atoms with Gasteiger partial charge in [-0.15, -0.1) is 0 Å². The van der Waals surface area contributed by atoms with E-state index in [0.29, 0.717) is 23.7 Å². The van der Waals surface area contributed by atoms with Crippen molar-refractivity contribution in [3.05, 3.63) is 66.1 Å². The van der Waals surface area contributed by atoms with E-state index in [2.05, 4.69) is 34.1 Å². The van der Waals surface area contributed by atoms with E-state index in [9.17, 15) is 9.90 Å². The van der Waals surface area contributed by atoms with Crippen molar-refractivity contribution in [1.82, 2.24) is 24.4 Å². The van der Waals surface area contributed by atoms with Gasteiger partial charge in [0, 0.05) is 55.0 Å². The Kier molecular flexibility index (Phi) is 5.76. The average Bonchev–Trinajstić information content (AvgIpc) is 3.30. The second kappa shape index (κ2) is 8.78. The Bertz CT molecular complexity index is 1350. The summed E-state index contributed by atoms with van der Waals surface area (Å²) in [6.07, 6.45) is 5.73. The van der Waals surface area contributed by atoms with E-state index in [4.69, 9.17) is 9.72 Å². The largest absolute Gasteiger partial charge is 0.497 e. The lowest BCUT2D eigenvalue weighted by Crippen LogP contribution is -2.55. The maximum atomic E-state index is 11.6. The molecule has 0 spiro atoms. The van der Waals surface area contributed by atoms with Gasteiger partial charge in [-0.05, 0) is 42.8 Å². The highest BCUT2D eigenvalue weighted by atomic mass is 16.5. The van der Waals surface area contributed by atoms with E-state index in [1.54, 1.807) is 7.11 Å². The summed E-state index contributed by atoms with van der Waals surface area (Å²) in [4.78, 5) is 28.9. The van der Waals surface area contributed by atoms with E-state index in [1.807, 2.05) is 49.6 Å². The first kappa shape index (κ1) is 23.0. The number of nitrogens with zero attached hydrogens (tertiary/aromatic N) is 4. The number of quaternary nitrogens is 1. The third-order valence-corrected chi connectivity index (χ3v) is 7.37. The van der Waals surface area contributed by atoms with Crippen LogP contribution in [-0.2, 0) is 11.2 Å². The predicted molar refractivity (Wildman–Crippen MR) is 135 cm³/mol. The first-order valence-corrected chi connectivity index (χ1v) is 11.8. The summed E-state index contributed by atoms with van der Waals surface area (Å²) < 4.78 is 5.95. The van der Waals surface area contributed by atoms with Crippen LogP contribution in [0.4, 0.5) is 5.82 Å². The Morgan fingerprint density at radius 1 is 1.11 bits per heavy atom. The lowest BCUT2D eigenvalue weighted by molar-refractivity contribution is -0.150. The molecule has 3 aromatic heterocycles. The van der Waals surface area contributed by atoms with Gasteiger partial charge in [-0.25, -0.2) is 9.97 Å². The summed E-state index contributed by atoms with van der Waals surface area (Å²) >= 11 is 0. The summed E-state index contributed by atoms with van der Waals surface area (Å²) in [6, 6.07) is 14.0. The zero-order chi connectivity index (χ0) is 24.6. The Hall–Kier alpha value is -3.78.